The van der Waals surface area contributed by atoms with Crippen LogP contribution < -0.4 is 0 Å². The van der Waals surface area contributed by atoms with Crippen LogP contribution in [0.4, 0.5) is 0 Å². The lowest BCUT2D eigenvalue weighted by molar-refractivity contribution is 0.0990. The molecule has 6 heteroatoms. The number of benzene rings is 1. The second-order valence-corrected chi connectivity index (χ2v) is 6.82. The van der Waals surface area contributed by atoms with E-state index in [-0.39, 0.29) is 17.1 Å². The molecule has 0 atom stereocenters. The second kappa shape index (κ2) is 5.20. The van der Waals surface area contributed by atoms with Crippen molar-refractivity contribution < 1.29 is 13.2 Å². The van der Waals surface area contributed by atoms with Gasteiger partial charge in [0.05, 0.1) is 17.0 Å². The first-order valence-corrected chi connectivity index (χ1v) is 7.99. The number of hydrogen-bond acceptors (Lipinski definition) is 4. The van der Waals surface area contributed by atoms with Crippen LogP contribution in [-0.2, 0) is 23.3 Å². The van der Waals surface area contributed by atoms with Crippen LogP contribution in [0.15, 0.2) is 35.2 Å². The smallest absolute Gasteiger partial charge is 0.175 e. The van der Waals surface area contributed by atoms with Gasteiger partial charge in [-0.1, -0.05) is 12.1 Å². The normalized spacial score (nSPS) is 11.6. The van der Waals surface area contributed by atoms with Crippen LogP contribution in [0.2, 0.25) is 0 Å². The van der Waals surface area contributed by atoms with Gasteiger partial charge in [-0.25, -0.2) is 8.42 Å². The Hall–Kier alpha value is -1.95. The van der Waals surface area contributed by atoms with Crippen LogP contribution in [-0.4, -0.2) is 30.2 Å². The molecule has 5 nitrogen and oxygen atoms in total. The molecular weight excluding hydrogens is 276 g/mol. The first-order valence-electron chi connectivity index (χ1n) is 6.10. The topological polar surface area (TPSA) is 69.0 Å². The Morgan fingerprint density at radius 1 is 1.30 bits per heavy atom. The van der Waals surface area contributed by atoms with Gasteiger partial charge in [-0.05, 0) is 25.1 Å². The third kappa shape index (κ3) is 3.14. The zero-order valence-corrected chi connectivity index (χ0v) is 12.4. The summed E-state index contributed by atoms with van der Waals surface area (Å²) in [7, 11) is -1.53. The fourth-order valence-electron chi connectivity index (χ4n) is 2.00. The minimum absolute atomic E-state index is 0.126. The third-order valence-electron chi connectivity index (χ3n) is 3.02. The quantitative estimate of drug-likeness (QED) is 0.802. The van der Waals surface area contributed by atoms with Crippen molar-refractivity contribution in [2.75, 3.05) is 6.26 Å². The zero-order chi connectivity index (χ0) is 14.9. The van der Waals surface area contributed by atoms with Crippen molar-refractivity contribution >= 4 is 15.6 Å². The van der Waals surface area contributed by atoms with Crippen molar-refractivity contribution in [2.45, 2.75) is 18.2 Å². The number of hydrogen-bond donors (Lipinski definition) is 0. The Bertz CT molecular complexity index is 760. The van der Waals surface area contributed by atoms with Crippen molar-refractivity contribution in [3.8, 4) is 0 Å². The predicted molar refractivity (Wildman–Crippen MR) is 75.5 cm³/mol. The summed E-state index contributed by atoms with van der Waals surface area (Å²) in [6.07, 6.45) is 1.33. The molecule has 0 spiro atoms. The van der Waals surface area contributed by atoms with E-state index >= 15 is 0 Å². The van der Waals surface area contributed by atoms with Gasteiger partial charge in [-0.15, -0.1) is 0 Å². The summed E-state index contributed by atoms with van der Waals surface area (Å²) >= 11 is 0. The summed E-state index contributed by atoms with van der Waals surface area (Å²) in [5.74, 6) is -0.126. The van der Waals surface area contributed by atoms with E-state index in [0.29, 0.717) is 5.56 Å². The Morgan fingerprint density at radius 3 is 2.55 bits per heavy atom. The van der Waals surface area contributed by atoms with E-state index in [4.69, 9.17) is 0 Å². The molecule has 1 aromatic carbocycles. The third-order valence-corrected chi connectivity index (χ3v) is 4.13. The molecule has 0 unspecified atom stereocenters. The predicted octanol–water partition coefficient (Wildman–Crippen LogP) is 1.56. The number of aromatic nitrogens is 2. The number of Topliss-reactive ketones (excluding diaryl/α,β-unsaturated/α-hetero) is 1. The van der Waals surface area contributed by atoms with Gasteiger partial charge in [0.25, 0.3) is 0 Å². The average molecular weight is 292 g/mol. The molecule has 2 rings (SSSR count). The van der Waals surface area contributed by atoms with Gasteiger partial charge in [0.15, 0.2) is 15.6 Å². The highest BCUT2D eigenvalue weighted by atomic mass is 32.2. The highest BCUT2D eigenvalue weighted by Crippen LogP contribution is 2.14. The summed E-state index contributed by atoms with van der Waals surface area (Å²) in [6.45, 7) is 1.86. The number of aryl methyl sites for hydroxylation is 2. The van der Waals surface area contributed by atoms with E-state index in [2.05, 4.69) is 5.10 Å². The molecule has 2 aromatic rings. The van der Waals surface area contributed by atoms with Crippen LogP contribution in [0.1, 0.15) is 21.7 Å². The molecule has 0 saturated carbocycles. The van der Waals surface area contributed by atoms with Crippen LogP contribution >= 0.6 is 0 Å². The summed E-state index contributed by atoms with van der Waals surface area (Å²) in [5.41, 5.74) is 2.05. The van der Waals surface area contributed by atoms with Gasteiger partial charge in [0, 0.05) is 24.6 Å². The van der Waals surface area contributed by atoms with Crippen molar-refractivity contribution in [3.63, 3.8) is 0 Å². The number of rotatable bonds is 4. The van der Waals surface area contributed by atoms with Gasteiger partial charge in [0.2, 0.25) is 0 Å². The molecule has 0 bridgehead atoms. The number of carbonyl (C=O) groups is 1. The number of carbonyl (C=O) groups excluding carboxylic acids is 1. The van der Waals surface area contributed by atoms with Crippen LogP contribution in [0.25, 0.3) is 0 Å². The van der Waals surface area contributed by atoms with Gasteiger partial charge >= 0.3 is 0 Å². The van der Waals surface area contributed by atoms with Gasteiger partial charge in [0.1, 0.15) is 0 Å². The van der Waals surface area contributed by atoms with E-state index in [9.17, 15) is 13.2 Å². The standard InChI is InChI=1S/C14H16N2O3S/c1-10-7-12(16(2)15-10)9-14(17)11-5-4-6-13(8-11)20(3,18)19/h4-8H,9H2,1-3H3. The number of nitrogens with zero attached hydrogens (tertiary/aromatic N) is 2. The lowest BCUT2D eigenvalue weighted by Crippen LogP contribution is -2.09. The summed E-state index contributed by atoms with van der Waals surface area (Å²) in [5, 5.41) is 4.18. The van der Waals surface area contributed by atoms with E-state index < -0.39 is 9.84 Å². The molecule has 0 radical (unpaired) electrons. The summed E-state index contributed by atoms with van der Waals surface area (Å²) in [6, 6.07) is 7.96. The minimum atomic E-state index is -3.31. The van der Waals surface area contributed by atoms with Crippen LogP contribution in [0.3, 0.4) is 0 Å². The van der Waals surface area contributed by atoms with E-state index in [0.717, 1.165) is 17.6 Å². The number of ketones is 1. The Labute approximate surface area is 118 Å². The van der Waals surface area contributed by atoms with Gasteiger partial charge in [-0.2, -0.15) is 5.10 Å². The molecule has 0 amide bonds. The zero-order valence-electron chi connectivity index (χ0n) is 11.6. The Morgan fingerprint density at radius 2 is 2.00 bits per heavy atom. The van der Waals surface area contributed by atoms with Crippen molar-refractivity contribution in [3.05, 3.63) is 47.3 Å². The Balaban J connectivity index is 2.28. The van der Waals surface area contributed by atoms with E-state index in [1.807, 2.05) is 13.0 Å². The molecule has 0 fully saturated rings. The second-order valence-electron chi connectivity index (χ2n) is 4.80. The summed E-state index contributed by atoms with van der Waals surface area (Å²) < 4.78 is 24.7. The minimum Gasteiger partial charge on any atom is -0.294 e. The molecule has 0 aliphatic heterocycles. The van der Waals surface area contributed by atoms with Crippen molar-refractivity contribution in [1.82, 2.24) is 9.78 Å². The highest BCUT2D eigenvalue weighted by molar-refractivity contribution is 7.90. The lowest BCUT2D eigenvalue weighted by atomic mass is 10.1. The molecule has 0 saturated heterocycles. The lowest BCUT2D eigenvalue weighted by Gasteiger charge is -2.04. The fraction of sp³-hybridized carbons (Fsp3) is 0.286. The molecule has 106 valence electrons. The molecule has 1 heterocycles. The first kappa shape index (κ1) is 14.5. The number of sulfone groups is 1. The SMILES string of the molecule is Cc1cc(CC(=O)c2cccc(S(C)(=O)=O)c2)n(C)n1. The Kier molecular flexibility index (Phi) is 3.76. The average Bonchev–Trinajstić information content (AvgIpc) is 2.67. The van der Waals surface area contributed by atoms with E-state index in [1.54, 1.807) is 23.9 Å². The van der Waals surface area contributed by atoms with Crippen molar-refractivity contribution in [2.24, 2.45) is 7.05 Å². The van der Waals surface area contributed by atoms with Gasteiger partial charge < -0.3 is 0 Å². The van der Waals surface area contributed by atoms with E-state index in [1.165, 1.54) is 12.1 Å². The highest BCUT2D eigenvalue weighted by Gasteiger charge is 2.14. The summed E-state index contributed by atoms with van der Waals surface area (Å²) in [4.78, 5) is 12.4. The van der Waals surface area contributed by atoms with Crippen LogP contribution in [0, 0.1) is 6.92 Å². The molecule has 1 aromatic heterocycles. The molecule has 0 aliphatic carbocycles. The maximum Gasteiger partial charge on any atom is 0.175 e. The largest absolute Gasteiger partial charge is 0.294 e. The van der Waals surface area contributed by atoms with Gasteiger partial charge in [-0.3, -0.25) is 9.48 Å². The maximum atomic E-state index is 12.2. The first-order chi connectivity index (χ1) is 9.27. The monoisotopic (exact) mass is 292 g/mol. The van der Waals surface area contributed by atoms with Crippen LogP contribution in [0.5, 0.6) is 0 Å². The molecular formula is C14H16N2O3S. The fourth-order valence-corrected chi connectivity index (χ4v) is 2.66. The molecule has 0 N–H and O–H groups in total. The van der Waals surface area contributed by atoms with Crippen molar-refractivity contribution in [1.29, 1.82) is 0 Å². The molecule has 0 aliphatic rings. The maximum absolute atomic E-state index is 12.2. The molecule has 20 heavy (non-hydrogen) atoms.